The molecule has 4 aromatic rings. The molecule has 5 heteroatoms. The summed E-state index contributed by atoms with van der Waals surface area (Å²) in [6.07, 6.45) is 5.93. The Labute approximate surface area is 207 Å². The highest BCUT2D eigenvalue weighted by atomic mass is 16.5. The van der Waals surface area contributed by atoms with E-state index in [0.717, 1.165) is 54.0 Å². The van der Waals surface area contributed by atoms with E-state index in [1.165, 1.54) is 11.1 Å². The zero-order valence-electron chi connectivity index (χ0n) is 20.5. The third-order valence-electron chi connectivity index (χ3n) is 6.11. The van der Waals surface area contributed by atoms with E-state index in [1.807, 2.05) is 48.5 Å². The molecule has 180 valence electrons. The van der Waals surface area contributed by atoms with E-state index in [4.69, 9.17) is 9.72 Å². The van der Waals surface area contributed by atoms with Crippen molar-refractivity contribution in [3.05, 3.63) is 101 Å². The van der Waals surface area contributed by atoms with Crippen LogP contribution in [0.25, 0.3) is 17.1 Å². The Morgan fingerprint density at radius 3 is 2.60 bits per heavy atom. The van der Waals surface area contributed by atoms with E-state index in [0.29, 0.717) is 13.2 Å². The quantitative estimate of drug-likeness (QED) is 0.221. The number of ether oxygens (including phenoxy) is 1. The number of rotatable bonds is 11. The summed E-state index contributed by atoms with van der Waals surface area (Å²) in [5.41, 5.74) is 5.68. The Kier molecular flexibility index (Phi) is 8.34. The smallest absolute Gasteiger partial charge is 0.243 e. The predicted octanol–water partition coefficient (Wildman–Crippen LogP) is 5.88. The average molecular weight is 468 g/mol. The van der Waals surface area contributed by atoms with E-state index in [1.54, 1.807) is 6.08 Å². The predicted molar refractivity (Wildman–Crippen MR) is 143 cm³/mol. The number of amides is 1. The fourth-order valence-electron chi connectivity index (χ4n) is 4.04. The van der Waals surface area contributed by atoms with Crippen LogP contribution in [0.2, 0.25) is 0 Å². The van der Waals surface area contributed by atoms with Crippen LogP contribution >= 0.6 is 0 Å². The number of benzene rings is 3. The molecule has 4 rings (SSSR count). The standard InChI is InChI=1S/C30H33N3O2/c1-23-15-17-26(22-24(23)2)35-21-9-20-33-28-13-7-6-12-27(28)32-29(33)14-8-19-31-30(34)18-16-25-10-4-3-5-11-25/h3-7,10-13,15-18,22H,8-9,14,19-21H2,1-2H3,(H,31,34)/b18-16-. The lowest BCUT2D eigenvalue weighted by Gasteiger charge is -2.11. The first-order valence-corrected chi connectivity index (χ1v) is 12.3. The maximum Gasteiger partial charge on any atom is 0.243 e. The van der Waals surface area contributed by atoms with Gasteiger partial charge in [0.2, 0.25) is 5.91 Å². The molecule has 0 radical (unpaired) electrons. The first-order chi connectivity index (χ1) is 17.1. The second-order valence-electron chi connectivity index (χ2n) is 8.76. The lowest BCUT2D eigenvalue weighted by atomic mass is 10.1. The van der Waals surface area contributed by atoms with Gasteiger partial charge < -0.3 is 14.6 Å². The Bertz CT molecular complexity index is 1290. The second-order valence-corrected chi connectivity index (χ2v) is 8.76. The minimum absolute atomic E-state index is 0.0779. The largest absolute Gasteiger partial charge is 0.494 e. The van der Waals surface area contributed by atoms with Gasteiger partial charge in [-0.05, 0) is 73.7 Å². The van der Waals surface area contributed by atoms with Crippen LogP contribution < -0.4 is 10.1 Å². The van der Waals surface area contributed by atoms with Gasteiger partial charge in [-0.25, -0.2) is 4.98 Å². The molecular formula is C30H33N3O2. The number of hydrogen-bond donors (Lipinski definition) is 1. The van der Waals surface area contributed by atoms with E-state index >= 15 is 0 Å². The number of nitrogens with zero attached hydrogens (tertiary/aromatic N) is 2. The Morgan fingerprint density at radius 2 is 1.77 bits per heavy atom. The third-order valence-corrected chi connectivity index (χ3v) is 6.11. The normalized spacial score (nSPS) is 11.3. The molecular weight excluding hydrogens is 434 g/mol. The Balaban J connectivity index is 1.29. The van der Waals surface area contributed by atoms with E-state index in [-0.39, 0.29) is 5.91 Å². The molecule has 0 spiro atoms. The molecule has 0 unspecified atom stereocenters. The van der Waals surface area contributed by atoms with Crippen molar-refractivity contribution in [1.82, 2.24) is 14.9 Å². The number of imidazole rings is 1. The summed E-state index contributed by atoms with van der Waals surface area (Å²) >= 11 is 0. The molecule has 1 aromatic heterocycles. The molecule has 0 saturated heterocycles. The van der Waals surface area contributed by atoms with Gasteiger partial charge in [0.05, 0.1) is 17.6 Å². The van der Waals surface area contributed by atoms with Crippen LogP contribution in [0.1, 0.15) is 35.4 Å². The topological polar surface area (TPSA) is 56.1 Å². The van der Waals surface area contributed by atoms with E-state index in [2.05, 4.69) is 54.1 Å². The summed E-state index contributed by atoms with van der Waals surface area (Å²) in [5, 5.41) is 2.97. The number of hydrogen-bond acceptors (Lipinski definition) is 3. The average Bonchev–Trinajstić information content (AvgIpc) is 3.23. The second kappa shape index (κ2) is 12.0. The molecule has 3 aromatic carbocycles. The van der Waals surface area contributed by atoms with Gasteiger partial charge in [0.25, 0.3) is 0 Å². The molecule has 0 fully saturated rings. The SMILES string of the molecule is Cc1ccc(OCCCn2c(CCCNC(=O)/C=C\c3ccccc3)nc3ccccc32)cc1C. The highest BCUT2D eigenvalue weighted by Gasteiger charge is 2.10. The summed E-state index contributed by atoms with van der Waals surface area (Å²) in [4.78, 5) is 17.0. The van der Waals surface area contributed by atoms with Gasteiger partial charge in [0.1, 0.15) is 11.6 Å². The number of fused-ring (bicyclic) bond motifs is 1. The van der Waals surface area contributed by atoms with Gasteiger partial charge in [-0.15, -0.1) is 0 Å². The van der Waals surface area contributed by atoms with Crippen molar-refractivity contribution >= 4 is 23.0 Å². The molecule has 0 aliphatic carbocycles. The first-order valence-electron chi connectivity index (χ1n) is 12.3. The number of nitrogens with one attached hydrogen (secondary N) is 1. The number of carbonyl (C=O) groups is 1. The highest BCUT2D eigenvalue weighted by Crippen LogP contribution is 2.19. The van der Waals surface area contributed by atoms with Crippen molar-refractivity contribution in [3.63, 3.8) is 0 Å². The molecule has 0 aliphatic rings. The molecule has 35 heavy (non-hydrogen) atoms. The minimum atomic E-state index is -0.0779. The van der Waals surface area contributed by atoms with Crippen molar-refractivity contribution in [3.8, 4) is 5.75 Å². The Morgan fingerprint density at radius 1 is 0.971 bits per heavy atom. The number of para-hydroxylation sites is 2. The van der Waals surface area contributed by atoms with Crippen molar-refractivity contribution < 1.29 is 9.53 Å². The fraction of sp³-hybridized carbons (Fsp3) is 0.267. The maximum atomic E-state index is 12.1. The Hall–Kier alpha value is -3.86. The molecule has 0 saturated carbocycles. The van der Waals surface area contributed by atoms with Gasteiger partial charge in [-0.1, -0.05) is 48.5 Å². The fourth-order valence-corrected chi connectivity index (χ4v) is 4.04. The van der Waals surface area contributed by atoms with Crippen LogP contribution in [-0.2, 0) is 17.8 Å². The van der Waals surface area contributed by atoms with Crippen LogP contribution in [0.3, 0.4) is 0 Å². The maximum absolute atomic E-state index is 12.1. The third kappa shape index (κ3) is 6.82. The van der Waals surface area contributed by atoms with Crippen LogP contribution in [-0.4, -0.2) is 28.6 Å². The lowest BCUT2D eigenvalue weighted by molar-refractivity contribution is -0.116. The number of aromatic nitrogens is 2. The zero-order valence-corrected chi connectivity index (χ0v) is 20.5. The van der Waals surface area contributed by atoms with Gasteiger partial charge in [-0.2, -0.15) is 0 Å². The van der Waals surface area contributed by atoms with Crippen molar-refractivity contribution in [1.29, 1.82) is 0 Å². The lowest BCUT2D eigenvalue weighted by Crippen LogP contribution is -2.22. The van der Waals surface area contributed by atoms with Crippen LogP contribution in [0.15, 0.2) is 78.9 Å². The van der Waals surface area contributed by atoms with Gasteiger partial charge in [0.15, 0.2) is 0 Å². The number of aryl methyl sites for hydroxylation is 4. The molecule has 1 amide bonds. The molecule has 5 nitrogen and oxygen atoms in total. The summed E-state index contributed by atoms with van der Waals surface area (Å²) < 4.78 is 8.27. The summed E-state index contributed by atoms with van der Waals surface area (Å²) in [6, 6.07) is 24.3. The molecule has 0 atom stereocenters. The van der Waals surface area contributed by atoms with Crippen molar-refractivity contribution in [2.45, 2.75) is 39.7 Å². The van der Waals surface area contributed by atoms with Crippen LogP contribution in [0, 0.1) is 13.8 Å². The summed E-state index contributed by atoms with van der Waals surface area (Å²) in [7, 11) is 0. The monoisotopic (exact) mass is 467 g/mol. The minimum Gasteiger partial charge on any atom is -0.494 e. The van der Waals surface area contributed by atoms with Gasteiger partial charge >= 0.3 is 0 Å². The number of carbonyl (C=O) groups excluding carboxylic acids is 1. The van der Waals surface area contributed by atoms with Gasteiger partial charge in [-0.3, -0.25) is 4.79 Å². The van der Waals surface area contributed by atoms with Crippen LogP contribution in [0.5, 0.6) is 5.75 Å². The first kappa shape index (κ1) is 24.3. The zero-order chi connectivity index (χ0) is 24.5. The van der Waals surface area contributed by atoms with Crippen LogP contribution in [0.4, 0.5) is 0 Å². The van der Waals surface area contributed by atoms with E-state index < -0.39 is 0 Å². The van der Waals surface area contributed by atoms with Gasteiger partial charge in [0, 0.05) is 25.6 Å². The van der Waals surface area contributed by atoms with Crippen molar-refractivity contribution in [2.24, 2.45) is 0 Å². The molecule has 1 heterocycles. The molecule has 0 aliphatic heterocycles. The molecule has 1 N–H and O–H groups in total. The summed E-state index contributed by atoms with van der Waals surface area (Å²) in [6.45, 7) is 6.31. The van der Waals surface area contributed by atoms with E-state index in [9.17, 15) is 4.79 Å². The summed E-state index contributed by atoms with van der Waals surface area (Å²) in [5.74, 6) is 1.89. The van der Waals surface area contributed by atoms with Crippen molar-refractivity contribution in [2.75, 3.05) is 13.2 Å². The highest BCUT2D eigenvalue weighted by molar-refractivity contribution is 5.91. The molecule has 0 bridgehead atoms.